The van der Waals surface area contributed by atoms with Gasteiger partial charge in [-0.15, -0.1) is 21.5 Å². The summed E-state index contributed by atoms with van der Waals surface area (Å²) < 4.78 is 0. The lowest BCUT2D eigenvalue weighted by Gasteiger charge is -2.26. The molecule has 0 bridgehead atoms. The average molecular weight is 211 g/mol. The molecular formula is C10H17N3S. The van der Waals surface area contributed by atoms with Crippen LogP contribution < -0.4 is 0 Å². The summed E-state index contributed by atoms with van der Waals surface area (Å²) in [5.41, 5.74) is 0. The van der Waals surface area contributed by atoms with Gasteiger partial charge in [0.25, 0.3) is 0 Å². The summed E-state index contributed by atoms with van der Waals surface area (Å²) >= 11 is 1.74. The molecule has 0 aromatic carbocycles. The third-order valence-corrected chi connectivity index (χ3v) is 3.72. The van der Waals surface area contributed by atoms with E-state index in [0.717, 1.165) is 5.01 Å². The number of aryl methyl sites for hydroxylation is 1. The zero-order valence-electron chi connectivity index (χ0n) is 9.03. The van der Waals surface area contributed by atoms with Crippen molar-refractivity contribution in [2.24, 2.45) is 0 Å². The Morgan fingerprint density at radius 3 is 2.79 bits per heavy atom. The van der Waals surface area contributed by atoms with Crippen molar-refractivity contribution < 1.29 is 0 Å². The van der Waals surface area contributed by atoms with E-state index in [1.807, 2.05) is 6.92 Å². The van der Waals surface area contributed by atoms with Crippen LogP contribution in [0.15, 0.2) is 0 Å². The summed E-state index contributed by atoms with van der Waals surface area (Å²) in [5.74, 6) is 0. The Kier molecular flexibility index (Phi) is 2.83. The maximum atomic E-state index is 4.26. The van der Waals surface area contributed by atoms with Gasteiger partial charge in [-0.25, -0.2) is 0 Å². The molecule has 0 saturated carbocycles. The second-order valence-corrected chi connectivity index (χ2v) is 5.36. The molecule has 1 atom stereocenters. The largest absolute Gasteiger partial charge is 0.292 e. The second kappa shape index (κ2) is 3.95. The molecule has 3 nitrogen and oxygen atoms in total. The Labute approximate surface area is 89.2 Å². The number of hydrogen-bond donors (Lipinski definition) is 0. The van der Waals surface area contributed by atoms with Crippen molar-refractivity contribution in [3.8, 4) is 0 Å². The van der Waals surface area contributed by atoms with Crippen LogP contribution in [-0.2, 0) is 0 Å². The molecule has 1 aliphatic heterocycles. The van der Waals surface area contributed by atoms with Crippen molar-refractivity contribution in [2.45, 2.75) is 45.7 Å². The normalized spacial score (nSPS) is 23.6. The van der Waals surface area contributed by atoms with Gasteiger partial charge in [0.2, 0.25) is 0 Å². The molecule has 0 spiro atoms. The molecule has 0 N–H and O–H groups in total. The molecular weight excluding hydrogens is 194 g/mol. The SMILES string of the molecule is Cc1nnc([C@H]2CCCN2C(C)C)s1. The Morgan fingerprint density at radius 2 is 2.21 bits per heavy atom. The number of rotatable bonds is 2. The smallest absolute Gasteiger partial charge is 0.134 e. The summed E-state index contributed by atoms with van der Waals surface area (Å²) in [5, 5.41) is 10.6. The van der Waals surface area contributed by atoms with Crippen molar-refractivity contribution in [2.75, 3.05) is 6.54 Å². The van der Waals surface area contributed by atoms with Crippen LogP contribution in [0.4, 0.5) is 0 Å². The predicted octanol–water partition coefficient (Wildman–Crippen LogP) is 2.39. The number of nitrogens with zero attached hydrogens (tertiary/aromatic N) is 3. The number of likely N-dealkylation sites (tertiary alicyclic amines) is 1. The molecule has 1 saturated heterocycles. The van der Waals surface area contributed by atoms with Crippen LogP contribution in [0, 0.1) is 6.92 Å². The molecule has 0 aliphatic carbocycles. The van der Waals surface area contributed by atoms with Crippen LogP contribution in [0.5, 0.6) is 0 Å². The zero-order valence-corrected chi connectivity index (χ0v) is 9.84. The van der Waals surface area contributed by atoms with E-state index in [4.69, 9.17) is 0 Å². The Hall–Kier alpha value is -0.480. The summed E-state index contributed by atoms with van der Waals surface area (Å²) in [6.07, 6.45) is 2.54. The monoisotopic (exact) mass is 211 g/mol. The van der Waals surface area contributed by atoms with Crippen molar-refractivity contribution >= 4 is 11.3 Å². The maximum absolute atomic E-state index is 4.26. The molecule has 2 heterocycles. The zero-order chi connectivity index (χ0) is 10.1. The van der Waals surface area contributed by atoms with Crippen molar-refractivity contribution in [3.63, 3.8) is 0 Å². The standard InChI is InChI=1S/C10H17N3S/c1-7(2)13-6-4-5-9(13)10-12-11-8(3)14-10/h7,9H,4-6H2,1-3H3/t9-/m1/s1. The second-order valence-electron chi connectivity index (χ2n) is 4.15. The van der Waals surface area contributed by atoms with Gasteiger partial charge >= 0.3 is 0 Å². The molecule has 0 radical (unpaired) electrons. The summed E-state index contributed by atoms with van der Waals surface area (Å²) in [6, 6.07) is 1.15. The van der Waals surface area contributed by atoms with E-state index in [1.54, 1.807) is 11.3 Å². The lowest BCUT2D eigenvalue weighted by atomic mass is 10.2. The minimum atomic E-state index is 0.529. The predicted molar refractivity (Wildman–Crippen MR) is 58.5 cm³/mol. The quantitative estimate of drug-likeness (QED) is 0.752. The van der Waals surface area contributed by atoms with E-state index in [0.29, 0.717) is 12.1 Å². The molecule has 1 fully saturated rings. The van der Waals surface area contributed by atoms with Crippen LogP contribution in [0.25, 0.3) is 0 Å². The van der Waals surface area contributed by atoms with E-state index < -0.39 is 0 Å². The lowest BCUT2D eigenvalue weighted by Crippen LogP contribution is -2.30. The topological polar surface area (TPSA) is 29.0 Å². The van der Waals surface area contributed by atoms with Crippen LogP contribution in [0.3, 0.4) is 0 Å². The Bertz CT molecular complexity index is 308. The van der Waals surface area contributed by atoms with Crippen molar-refractivity contribution in [1.82, 2.24) is 15.1 Å². The maximum Gasteiger partial charge on any atom is 0.134 e. The van der Waals surface area contributed by atoms with Gasteiger partial charge in [-0.05, 0) is 40.2 Å². The first-order valence-electron chi connectivity index (χ1n) is 5.24. The fraction of sp³-hybridized carbons (Fsp3) is 0.800. The molecule has 0 unspecified atom stereocenters. The fourth-order valence-electron chi connectivity index (χ4n) is 2.12. The highest BCUT2D eigenvalue weighted by Crippen LogP contribution is 2.34. The highest BCUT2D eigenvalue weighted by atomic mass is 32.1. The van der Waals surface area contributed by atoms with Crippen LogP contribution >= 0.6 is 11.3 Å². The minimum Gasteiger partial charge on any atom is -0.292 e. The van der Waals surface area contributed by atoms with E-state index in [2.05, 4.69) is 28.9 Å². The van der Waals surface area contributed by atoms with Crippen LogP contribution in [0.1, 0.15) is 42.7 Å². The van der Waals surface area contributed by atoms with E-state index in [9.17, 15) is 0 Å². The average Bonchev–Trinajstić information content (AvgIpc) is 2.70. The number of hydrogen-bond acceptors (Lipinski definition) is 4. The van der Waals surface area contributed by atoms with Gasteiger partial charge in [-0.3, -0.25) is 4.90 Å². The van der Waals surface area contributed by atoms with Gasteiger partial charge in [0, 0.05) is 6.04 Å². The van der Waals surface area contributed by atoms with Gasteiger partial charge in [-0.1, -0.05) is 0 Å². The van der Waals surface area contributed by atoms with Gasteiger partial charge in [0.1, 0.15) is 10.0 Å². The van der Waals surface area contributed by atoms with Gasteiger partial charge < -0.3 is 0 Å². The van der Waals surface area contributed by atoms with Crippen LogP contribution in [0.2, 0.25) is 0 Å². The molecule has 4 heteroatoms. The summed E-state index contributed by atoms with van der Waals surface area (Å²) in [4.78, 5) is 2.53. The molecule has 2 rings (SSSR count). The lowest BCUT2D eigenvalue weighted by molar-refractivity contribution is 0.204. The van der Waals surface area contributed by atoms with Crippen LogP contribution in [-0.4, -0.2) is 27.7 Å². The first-order valence-corrected chi connectivity index (χ1v) is 6.06. The molecule has 1 aliphatic rings. The van der Waals surface area contributed by atoms with Crippen molar-refractivity contribution in [3.05, 3.63) is 10.0 Å². The molecule has 0 amide bonds. The first-order chi connectivity index (χ1) is 6.68. The molecule has 1 aromatic heterocycles. The molecule has 78 valence electrons. The first kappa shape index (κ1) is 10.1. The van der Waals surface area contributed by atoms with Gasteiger partial charge in [0.05, 0.1) is 6.04 Å². The third-order valence-electron chi connectivity index (χ3n) is 2.78. The summed E-state index contributed by atoms with van der Waals surface area (Å²) in [7, 11) is 0. The third kappa shape index (κ3) is 1.81. The Balaban J connectivity index is 2.17. The summed E-state index contributed by atoms with van der Waals surface area (Å²) in [6.45, 7) is 7.75. The Morgan fingerprint density at radius 1 is 1.43 bits per heavy atom. The van der Waals surface area contributed by atoms with Crippen molar-refractivity contribution in [1.29, 1.82) is 0 Å². The highest BCUT2D eigenvalue weighted by Gasteiger charge is 2.30. The fourth-order valence-corrected chi connectivity index (χ4v) is 2.97. The minimum absolute atomic E-state index is 0.529. The molecule has 1 aromatic rings. The van der Waals surface area contributed by atoms with E-state index in [1.165, 1.54) is 24.4 Å². The highest BCUT2D eigenvalue weighted by molar-refractivity contribution is 7.11. The van der Waals surface area contributed by atoms with E-state index in [-0.39, 0.29) is 0 Å². The molecule has 14 heavy (non-hydrogen) atoms. The number of aromatic nitrogens is 2. The van der Waals surface area contributed by atoms with Gasteiger partial charge in [-0.2, -0.15) is 0 Å². The van der Waals surface area contributed by atoms with E-state index >= 15 is 0 Å². The van der Waals surface area contributed by atoms with Gasteiger partial charge in [0.15, 0.2) is 0 Å².